The summed E-state index contributed by atoms with van der Waals surface area (Å²) in [4.78, 5) is 26.9. The van der Waals surface area contributed by atoms with E-state index in [0.717, 1.165) is 61.7 Å². The number of fused-ring (bicyclic) bond motifs is 1. The normalized spacial score (nSPS) is 25.8. The van der Waals surface area contributed by atoms with Gasteiger partial charge in [-0.3, -0.25) is 5.10 Å². The summed E-state index contributed by atoms with van der Waals surface area (Å²) in [6.45, 7) is 1.51. The molecule has 0 bridgehead atoms. The SMILES string of the molecule is O=C(NC1CCc2nc[nH]c2C1)N1CCCC(c2n[nH]c(C3CC3)n2)C1. The minimum atomic E-state index is 0.0422. The molecule has 1 aliphatic heterocycles. The van der Waals surface area contributed by atoms with Gasteiger partial charge in [0, 0.05) is 43.1 Å². The Labute approximate surface area is 152 Å². The summed E-state index contributed by atoms with van der Waals surface area (Å²) in [5, 5.41) is 10.7. The number of nitrogens with one attached hydrogen (secondary N) is 3. The van der Waals surface area contributed by atoms with E-state index in [9.17, 15) is 4.79 Å². The zero-order valence-corrected chi connectivity index (χ0v) is 14.9. The fourth-order valence-corrected chi connectivity index (χ4v) is 4.17. The molecule has 8 nitrogen and oxygen atoms in total. The number of likely N-dealkylation sites (tertiary alicyclic amines) is 1. The minimum Gasteiger partial charge on any atom is -0.348 e. The lowest BCUT2D eigenvalue weighted by Crippen LogP contribution is -2.49. The van der Waals surface area contributed by atoms with Gasteiger partial charge >= 0.3 is 6.03 Å². The lowest BCUT2D eigenvalue weighted by Gasteiger charge is -2.33. The molecule has 0 radical (unpaired) electrons. The molecule has 2 unspecified atom stereocenters. The number of amides is 2. The highest BCUT2D eigenvalue weighted by Crippen LogP contribution is 2.38. The standard InChI is InChI=1S/C18H25N7O/c26-18(21-13-5-6-14-15(8-13)20-10-19-14)25-7-1-2-12(9-25)17-22-16(23-24-17)11-3-4-11/h10-13H,1-9H2,(H,19,20)(H,21,26)(H,22,23,24). The Hall–Kier alpha value is -2.38. The van der Waals surface area contributed by atoms with Crippen molar-refractivity contribution in [2.45, 2.75) is 62.8 Å². The molecule has 3 aliphatic rings. The van der Waals surface area contributed by atoms with Crippen molar-refractivity contribution in [2.24, 2.45) is 0 Å². The zero-order valence-electron chi connectivity index (χ0n) is 14.9. The number of aryl methyl sites for hydroxylation is 1. The van der Waals surface area contributed by atoms with Crippen LogP contribution in [0.2, 0.25) is 0 Å². The summed E-state index contributed by atoms with van der Waals surface area (Å²) < 4.78 is 0. The number of rotatable bonds is 3. The zero-order chi connectivity index (χ0) is 17.5. The second-order valence-corrected chi connectivity index (χ2v) is 7.86. The largest absolute Gasteiger partial charge is 0.348 e. The van der Waals surface area contributed by atoms with Crippen molar-refractivity contribution >= 4 is 6.03 Å². The number of piperidine rings is 1. The van der Waals surface area contributed by atoms with Gasteiger partial charge in [0.05, 0.1) is 12.0 Å². The third-order valence-electron chi connectivity index (χ3n) is 5.87. The molecule has 2 aromatic heterocycles. The molecule has 3 N–H and O–H groups in total. The van der Waals surface area contributed by atoms with Crippen LogP contribution in [0, 0.1) is 0 Å². The number of carbonyl (C=O) groups excluding carboxylic acids is 1. The van der Waals surface area contributed by atoms with Crippen molar-refractivity contribution in [3.05, 3.63) is 29.4 Å². The number of urea groups is 1. The van der Waals surface area contributed by atoms with Gasteiger partial charge in [-0.15, -0.1) is 0 Å². The molecule has 2 atom stereocenters. The van der Waals surface area contributed by atoms with E-state index in [-0.39, 0.29) is 18.0 Å². The third-order valence-corrected chi connectivity index (χ3v) is 5.87. The van der Waals surface area contributed by atoms with Gasteiger partial charge in [-0.25, -0.2) is 14.8 Å². The fourth-order valence-electron chi connectivity index (χ4n) is 4.17. The molecule has 8 heteroatoms. The van der Waals surface area contributed by atoms with E-state index in [1.165, 1.54) is 12.8 Å². The summed E-state index contributed by atoms with van der Waals surface area (Å²) in [5.41, 5.74) is 2.30. The number of aromatic amines is 2. The molecule has 3 heterocycles. The quantitative estimate of drug-likeness (QED) is 0.782. The van der Waals surface area contributed by atoms with Gasteiger partial charge in [-0.1, -0.05) is 0 Å². The van der Waals surface area contributed by atoms with Crippen LogP contribution in [0.15, 0.2) is 6.33 Å². The average molecular weight is 355 g/mol. The molecule has 2 fully saturated rings. The average Bonchev–Trinajstić information content (AvgIpc) is 3.21. The molecule has 2 aromatic rings. The summed E-state index contributed by atoms with van der Waals surface area (Å²) in [5.74, 6) is 2.73. The number of H-pyrrole nitrogens is 2. The Morgan fingerprint density at radius 1 is 1.23 bits per heavy atom. The van der Waals surface area contributed by atoms with Gasteiger partial charge in [-0.05, 0) is 38.5 Å². The van der Waals surface area contributed by atoms with Crippen molar-refractivity contribution in [1.29, 1.82) is 0 Å². The van der Waals surface area contributed by atoms with Gasteiger partial charge in [-0.2, -0.15) is 5.10 Å². The summed E-state index contributed by atoms with van der Waals surface area (Å²) in [6.07, 6.45) is 8.94. The van der Waals surface area contributed by atoms with Crippen molar-refractivity contribution in [2.75, 3.05) is 13.1 Å². The van der Waals surface area contributed by atoms with Gasteiger partial charge in [0.2, 0.25) is 0 Å². The van der Waals surface area contributed by atoms with E-state index < -0.39 is 0 Å². The van der Waals surface area contributed by atoms with Crippen LogP contribution in [0.1, 0.15) is 67.0 Å². The van der Waals surface area contributed by atoms with Crippen LogP contribution in [0.25, 0.3) is 0 Å². The van der Waals surface area contributed by atoms with Crippen molar-refractivity contribution in [3.63, 3.8) is 0 Å². The van der Waals surface area contributed by atoms with Crippen LogP contribution in [0.3, 0.4) is 0 Å². The topological polar surface area (TPSA) is 103 Å². The van der Waals surface area contributed by atoms with E-state index >= 15 is 0 Å². The molecule has 138 valence electrons. The molecule has 0 spiro atoms. The number of hydrogen-bond acceptors (Lipinski definition) is 4. The first kappa shape index (κ1) is 15.8. The maximum Gasteiger partial charge on any atom is 0.317 e. The van der Waals surface area contributed by atoms with Gasteiger partial charge in [0.25, 0.3) is 0 Å². The predicted octanol–water partition coefficient (Wildman–Crippen LogP) is 1.85. The maximum absolute atomic E-state index is 12.8. The van der Waals surface area contributed by atoms with E-state index in [1.54, 1.807) is 6.33 Å². The Kier molecular flexibility index (Phi) is 3.90. The van der Waals surface area contributed by atoms with E-state index in [0.29, 0.717) is 12.5 Å². The van der Waals surface area contributed by atoms with Crippen LogP contribution >= 0.6 is 0 Å². The highest BCUT2D eigenvalue weighted by molar-refractivity contribution is 5.74. The second kappa shape index (κ2) is 6.41. The minimum absolute atomic E-state index is 0.0422. The highest BCUT2D eigenvalue weighted by Gasteiger charge is 2.32. The van der Waals surface area contributed by atoms with Crippen molar-refractivity contribution in [3.8, 4) is 0 Å². The van der Waals surface area contributed by atoms with E-state index in [1.807, 2.05) is 4.90 Å². The predicted molar refractivity (Wildman–Crippen MR) is 94.8 cm³/mol. The van der Waals surface area contributed by atoms with E-state index in [4.69, 9.17) is 0 Å². The first-order valence-corrected chi connectivity index (χ1v) is 9.75. The molecular weight excluding hydrogens is 330 g/mol. The van der Waals surface area contributed by atoms with Crippen LogP contribution in [-0.2, 0) is 12.8 Å². The van der Waals surface area contributed by atoms with E-state index in [2.05, 4.69) is 30.5 Å². The molecule has 26 heavy (non-hydrogen) atoms. The van der Waals surface area contributed by atoms with Gasteiger partial charge < -0.3 is 15.2 Å². The van der Waals surface area contributed by atoms with Gasteiger partial charge in [0.15, 0.2) is 5.82 Å². The molecule has 2 aliphatic carbocycles. The summed E-state index contributed by atoms with van der Waals surface area (Å²) >= 11 is 0. The first-order chi connectivity index (χ1) is 12.8. The number of aromatic nitrogens is 5. The van der Waals surface area contributed by atoms with Crippen molar-refractivity contribution in [1.82, 2.24) is 35.4 Å². The molecule has 1 saturated carbocycles. The maximum atomic E-state index is 12.8. The number of imidazole rings is 1. The first-order valence-electron chi connectivity index (χ1n) is 9.75. The Morgan fingerprint density at radius 2 is 2.15 bits per heavy atom. The molecule has 0 aromatic carbocycles. The molecule has 5 rings (SSSR count). The Morgan fingerprint density at radius 3 is 3.04 bits per heavy atom. The fraction of sp³-hybridized carbons (Fsp3) is 0.667. The van der Waals surface area contributed by atoms with Crippen LogP contribution < -0.4 is 5.32 Å². The number of nitrogens with zero attached hydrogens (tertiary/aromatic N) is 4. The summed E-state index contributed by atoms with van der Waals surface area (Å²) in [6, 6.07) is 0.224. The number of carbonyl (C=O) groups is 1. The smallest absolute Gasteiger partial charge is 0.317 e. The number of hydrogen-bond donors (Lipinski definition) is 3. The Balaban J connectivity index is 1.20. The lowest BCUT2D eigenvalue weighted by atomic mass is 9.95. The summed E-state index contributed by atoms with van der Waals surface area (Å²) in [7, 11) is 0. The Bertz CT molecular complexity index is 793. The second-order valence-electron chi connectivity index (χ2n) is 7.86. The van der Waals surface area contributed by atoms with Gasteiger partial charge in [0.1, 0.15) is 5.82 Å². The highest BCUT2D eigenvalue weighted by atomic mass is 16.2. The molecule has 2 amide bonds. The molecule has 1 saturated heterocycles. The van der Waals surface area contributed by atoms with Crippen molar-refractivity contribution < 1.29 is 4.79 Å². The van der Waals surface area contributed by atoms with Crippen LogP contribution in [0.5, 0.6) is 0 Å². The lowest BCUT2D eigenvalue weighted by molar-refractivity contribution is 0.173. The molecular formula is C18H25N7O. The van der Waals surface area contributed by atoms with Crippen LogP contribution in [-0.4, -0.2) is 55.2 Å². The third kappa shape index (κ3) is 3.08. The van der Waals surface area contributed by atoms with Crippen LogP contribution in [0.4, 0.5) is 4.79 Å². The monoisotopic (exact) mass is 355 g/mol.